The van der Waals surface area contributed by atoms with Crippen LogP contribution in [0.1, 0.15) is 70.0 Å². The zero-order valence-corrected chi connectivity index (χ0v) is 54.6. The van der Waals surface area contributed by atoms with Crippen molar-refractivity contribution in [3.63, 3.8) is 0 Å². The summed E-state index contributed by atoms with van der Waals surface area (Å²) >= 11 is 0. The van der Waals surface area contributed by atoms with Crippen LogP contribution in [0, 0.1) is 25.3 Å². The number of aromatic nitrogens is 4. The van der Waals surface area contributed by atoms with Gasteiger partial charge in [0.1, 0.15) is 5.82 Å². The molecule has 5 nitrogen and oxygen atoms in total. The molecule has 0 aliphatic heterocycles. The number of hydrogen-bond acceptors (Lipinski definition) is 2. The summed E-state index contributed by atoms with van der Waals surface area (Å²) in [4.78, 5) is 4.65. The number of benzene rings is 14. The SMILES string of the molecule is [2H]c1c([2H])c([2H])c(-c2ccc3c(c2)n(-c2[c-]c(Oc4[c-]c5c(cc4)c4ccccc4n5-c4cc(C([2H])([2H])[2H])c(-c5c([2H])c([2H])c([2H])c([2H])c5[2H])cn4)ccc2)[c-][n+]3-c2c(-c3c([2H])c([2H])c([2H])c([Si](c4c([2H])c([2H])c([2H])c([2H])c4[2H])(c4c([2H])c([2H])c([2H])c([2H])c4[2H])c4c([2H])c([2H])c([2H])c([2H])c4[2H])c3[2H])cccc2[Si](c2c([2H])c([2H])c([2H])c([2H])c2[2H])(c2c([2H])c([2H])c([2H])c([2H])c2[2H])c2c([2H])c([2H])c([2H])c([2H])c2[2H])c([2H])c1[2H].[Pt]. The van der Waals surface area contributed by atoms with Crippen LogP contribution in [0.3, 0.4) is 0 Å². The Morgan fingerprint density at radius 2 is 0.949 bits per heavy atom. The van der Waals surface area contributed by atoms with Crippen LogP contribution < -0.4 is 50.8 Å². The van der Waals surface area contributed by atoms with Gasteiger partial charge in [0.05, 0.1) is 77.0 Å². The number of ether oxygens (including phenoxy) is 1. The first-order chi connectivity index (χ1) is 68.0. The van der Waals surface area contributed by atoms with Gasteiger partial charge in [0, 0.05) is 54.0 Å². The number of aryl methyl sites for hydroxylation is 1. The molecule has 0 unspecified atom stereocenters. The largest absolute Gasteiger partial charge is 0.510 e. The van der Waals surface area contributed by atoms with Crippen molar-refractivity contribution < 1.29 is 94.8 Å². The Kier molecular flexibility index (Phi) is 7.91. The molecule has 0 aliphatic carbocycles. The predicted octanol–water partition coefficient (Wildman–Crippen LogP) is 15.7. The summed E-state index contributed by atoms with van der Waals surface area (Å²) in [6, 6.07) is -26.6. The van der Waals surface area contributed by atoms with E-state index >= 15 is 0 Å². The number of fused-ring (bicyclic) bond motifs is 4. The quantitative estimate of drug-likeness (QED) is 0.0418. The van der Waals surface area contributed by atoms with Crippen LogP contribution in [0.25, 0.3) is 83.4 Å². The van der Waals surface area contributed by atoms with Gasteiger partial charge in [-0.05, 0) is 111 Å². The van der Waals surface area contributed by atoms with Gasteiger partial charge in [-0.1, -0.05) is 320 Å². The van der Waals surface area contributed by atoms with Crippen molar-refractivity contribution in [2.24, 2.45) is 0 Å². The van der Waals surface area contributed by atoms with E-state index in [2.05, 4.69) is 23.4 Å². The van der Waals surface area contributed by atoms with Crippen LogP contribution in [-0.2, 0) is 21.1 Å². The monoisotopic (exact) mass is 1530 g/mol. The van der Waals surface area contributed by atoms with E-state index < -0.39 is 369 Å². The molecule has 17 rings (SSSR count). The molecule has 17 aromatic rings. The summed E-state index contributed by atoms with van der Waals surface area (Å²) in [5, 5.41) is -9.03. The molecular formula is C91H64N4OPtSi2-2. The van der Waals surface area contributed by atoms with Gasteiger partial charge in [-0.15, -0.1) is 29.7 Å². The fraction of sp³-hybridized carbons (Fsp3) is 0.0110. The first-order valence-electron chi connectivity index (χ1n) is 53.0. The van der Waals surface area contributed by atoms with Crippen molar-refractivity contribution in [1.29, 1.82) is 0 Å². The molecule has 0 N–H and O–H groups in total. The molecule has 99 heavy (non-hydrogen) atoms. The number of imidazole rings is 1. The summed E-state index contributed by atoms with van der Waals surface area (Å²) in [5.74, 6) is -0.543. The number of rotatable bonds is 16. The zero-order valence-electron chi connectivity index (χ0n) is 97.3. The van der Waals surface area contributed by atoms with Gasteiger partial charge in [-0.3, -0.25) is 4.57 Å². The average Bonchev–Trinajstić information content (AvgIpc) is 0.804. The normalized spacial score (nSPS) is 18.4. The Hall–Kier alpha value is -11.6. The van der Waals surface area contributed by atoms with Crippen molar-refractivity contribution in [3.8, 4) is 62.1 Å². The number of hydrogen-bond donors (Lipinski definition) is 0. The summed E-state index contributed by atoms with van der Waals surface area (Å²) in [6.45, 7) is -3.06. The fourth-order valence-electron chi connectivity index (χ4n) is 12.2. The Balaban J connectivity index is 0.0000152. The third kappa shape index (κ3) is 11.0. The van der Waals surface area contributed by atoms with Crippen molar-refractivity contribution in [2.75, 3.05) is 0 Å². The van der Waals surface area contributed by atoms with Gasteiger partial charge in [-0.25, -0.2) is 4.98 Å². The molecule has 0 atom stereocenters. The van der Waals surface area contributed by atoms with Crippen LogP contribution in [0.4, 0.5) is 0 Å². The van der Waals surface area contributed by atoms with Crippen LogP contribution in [-0.4, -0.2) is 30.3 Å². The number of nitrogens with zero attached hydrogens (tertiary/aromatic N) is 4. The Labute approximate surface area is 659 Å². The van der Waals surface area contributed by atoms with E-state index in [9.17, 15) is 41.1 Å². The molecule has 0 saturated carbocycles. The zero-order chi connectivity index (χ0) is 106. The standard InChI is InChI=1S/C91H64N4OSi2.Pt/c1-66-59-90(92-64-84(66)68-33-12-3-13-34-68)95-85-53-27-26-51-82(85)83-57-56-73(63-87(83)95)96-72-37-29-36-71(62-72)93-65-94(86-58-55-69(61-88(86)93)67-31-10-2-11-32-67)91-81(52-30-54-89(91)98(77-44-20-7-21-45-77,78-46-22-8-23-47-78)79-48-24-9-25-49-79)70-35-28-50-80(60-70)97(74-38-14-4-15-39-74,75-40-16-5-17-41-75)76-42-18-6-19-43-76;/h2-61,64H,1H3;/q-2;/i1D3,2D,3D,4D,5D,6D,7D,8D,9D,10D,11D,12D,13D,14D,15D,16D,17D,18D,19D,20D,21D,22D,23D,24D,25D,28D,31D,32D,33D,34D,35D,38D,39D,40D,41D,42D,43D,44D,45D,46D,47D,48D,49D,50D,60D;. The third-order valence-corrected chi connectivity index (χ3v) is 24.5. The topological polar surface area (TPSA) is 35.9 Å². The smallest absolute Gasteiger partial charge is 0.268 e. The Bertz CT molecular complexity index is 8120. The maximum absolute atomic E-state index is 11.4. The second-order valence-electron chi connectivity index (χ2n) is 21.5. The molecule has 474 valence electrons. The summed E-state index contributed by atoms with van der Waals surface area (Å²) < 4.78 is 458. The molecule has 0 fully saturated rings. The van der Waals surface area contributed by atoms with Gasteiger partial charge >= 0.3 is 0 Å². The van der Waals surface area contributed by atoms with Gasteiger partial charge in [-0.2, -0.15) is 18.2 Å². The Morgan fingerprint density at radius 3 is 1.55 bits per heavy atom. The molecule has 3 aromatic heterocycles. The molecule has 0 bridgehead atoms. The van der Waals surface area contributed by atoms with E-state index in [0.717, 1.165) is 51.7 Å². The van der Waals surface area contributed by atoms with Crippen molar-refractivity contribution in [1.82, 2.24) is 14.1 Å². The molecule has 14 aromatic carbocycles. The van der Waals surface area contributed by atoms with Crippen molar-refractivity contribution in [2.45, 2.75) is 6.85 Å². The van der Waals surface area contributed by atoms with Crippen LogP contribution in [0.5, 0.6) is 11.5 Å². The van der Waals surface area contributed by atoms with E-state index in [1.807, 2.05) is 0 Å². The van der Waals surface area contributed by atoms with Gasteiger partial charge in [0.25, 0.3) is 6.33 Å². The third-order valence-electron chi connectivity index (χ3n) is 16.3. The van der Waals surface area contributed by atoms with Crippen molar-refractivity contribution in [3.05, 3.63) is 393 Å². The number of pyridine rings is 1. The summed E-state index contributed by atoms with van der Waals surface area (Å²) in [5.41, 5.74) is -5.76. The van der Waals surface area contributed by atoms with E-state index in [0.29, 0.717) is 16.3 Å². The van der Waals surface area contributed by atoms with Gasteiger partial charge in [0.2, 0.25) is 0 Å². The first-order valence-corrected chi connectivity index (χ1v) is 33.5. The van der Waals surface area contributed by atoms with Crippen molar-refractivity contribution >= 4 is 90.5 Å². The molecule has 0 aliphatic rings. The summed E-state index contributed by atoms with van der Waals surface area (Å²) in [6.07, 6.45) is 4.21. The fourth-order valence-corrected chi connectivity index (χ4v) is 19.7. The molecule has 3 heterocycles. The van der Waals surface area contributed by atoms with Gasteiger partial charge < -0.3 is 13.9 Å². The van der Waals surface area contributed by atoms with Crippen LogP contribution in [0.2, 0.25) is 0 Å². The molecule has 8 heteroatoms. The maximum atomic E-state index is 11.4. The second kappa shape index (κ2) is 26.8. The molecule has 0 spiro atoms. The minimum Gasteiger partial charge on any atom is -0.510 e. The average molecular weight is 1530 g/mol. The van der Waals surface area contributed by atoms with E-state index in [1.165, 1.54) is 34.9 Å². The molecular weight excluding hydrogens is 1420 g/mol. The molecule has 0 amide bonds. The predicted molar refractivity (Wildman–Crippen MR) is 408 cm³/mol. The second-order valence-corrected chi connectivity index (χ2v) is 28.5. The van der Waals surface area contributed by atoms with E-state index in [-0.39, 0.29) is 66.2 Å². The maximum Gasteiger partial charge on any atom is 0.268 e. The van der Waals surface area contributed by atoms with Crippen LogP contribution >= 0.6 is 0 Å². The Morgan fingerprint density at radius 1 is 0.424 bits per heavy atom. The molecule has 0 saturated heterocycles. The van der Waals surface area contributed by atoms with Crippen LogP contribution in [0.15, 0.2) is 369 Å². The minimum absolute atomic E-state index is 0. The molecule has 0 radical (unpaired) electrons. The first kappa shape index (κ1) is 29.2. The van der Waals surface area contributed by atoms with E-state index in [4.69, 9.17) is 28.0 Å². The number of para-hydroxylation sites is 2. The summed E-state index contributed by atoms with van der Waals surface area (Å²) in [7, 11) is -13.8. The van der Waals surface area contributed by atoms with E-state index in [1.54, 1.807) is 30.3 Å². The minimum atomic E-state index is -6.93. The van der Waals surface area contributed by atoms with Gasteiger partial charge in [0.15, 0.2) is 16.1 Å².